The molecule has 0 aliphatic carbocycles. The molecule has 1 N–H and O–H groups in total. The second-order valence-electron chi connectivity index (χ2n) is 8.16. The molecule has 0 saturated carbocycles. The number of hydrogen-bond donors (Lipinski definition) is 1. The number of imidazole rings is 1. The predicted octanol–water partition coefficient (Wildman–Crippen LogP) is 5.72. The first kappa shape index (κ1) is 19.9. The van der Waals surface area contributed by atoms with Crippen LogP contribution in [0.5, 0.6) is 0 Å². The van der Waals surface area contributed by atoms with Crippen molar-refractivity contribution in [2.45, 2.75) is 41.0 Å². The topological polar surface area (TPSA) is 46.4 Å². The zero-order valence-corrected chi connectivity index (χ0v) is 18.2. The van der Waals surface area contributed by atoms with Gasteiger partial charge in [-0.05, 0) is 92.8 Å². The zero-order chi connectivity index (χ0) is 21.4. The summed E-state index contributed by atoms with van der Waals surface area (Å²) in [4.78, 5) is 17.8. The van der Waals surface area contributed by atoms with Crippen molar-refractivity contribution in [2.24, 2.45) is 0 Å². The van der Waals surface area contributed by atoms with Crippen LogP contribution >= 0.6 is 0 Å². The Balaban J connectivity index is 1.73. The molecule has 152 valence electrons. The van der Waals surface area contributed by atoms with Gasteiger partial charge in [-0.1, -0.05) is 18.2 Å². The fourth-order valence-electron chi connectivity index (χ4n) is 3.66. The molecule has 0 radical (unpaired) electrons. The van der Waals surface area contributed by atoms with Crippen molar-refractivity contribution in [1.29, 1.82) is 0 Å². The number of fused-ring (bicyclic) bond motifs is 1. The summed E-state index contributed by atoms with van der Waals surface area (Å²) in [6, 6.07) is 16.4. The quantitative estimate of drug-likeness (QED) is 0.478. The maximum absolute atomic E-state index is 12.9. The van der Waals surface area contributed by atoms with Crippen LogP contribution in [0.1, 0.15) is 33.5 Å². The molecule has 0 atom stereocenters. The second-order valence-corrected chi connectivity index (χ2v) is 8.16. The molecule has 0 saturated heterocycles. The minimum atomic E-state index is -0.0503. The third-order valence-electron chi connectivity index (χ3n) is 5.78. The SMILES string of the molecule is Cc1ccn2c(CC(=O)Nc3ccc(C)c(C)c3)c(-c3ccc(C)c(C)c3)nc2c1. The smallest absolute Gasteiger partial charge is 0.230 e. The fraction of sp³-hybridized carbons (Fsp3) is 0.231. The number of nitrogens with one attached hydrogen (secondary N) is 1. The highest BCUT2D eigenvalue weighted by molar-refractivity contribution is 5.93. The van der Waals surface area contributed by atoms with E-state index >= 15 is 0 Å². The Morgan fingerprint density at radius 3 is 2.27 bits per heavy atom. The van der Waals surface area contributed by atoms with Crippen molar-refractivity contribution in [2.75, 3.05) is 5.32 Å². The maximum atomic E-state index is 12.9. The number of carbonyl (C=O) groups is 1. The van der Waals surface area contributed by atoms with Crippen LogP contribution in [0.4, 0.5) is 5.69 Å². The maximum Gasteiger partial charge on any atom is 0.230 e. The highest BCUT2D eigenvalue weighted by atomic mass is 16.1. The minimum absolute atomic E-state index is 0.0503. The van der Waals surface area contributed by atoms with Gasteiger partial charge in [-0.2, -0.15) is 0 Å². The molecule has 4 rings (SSSR count). The van der Waals surface area contributed by atoms with Gasteiger partial charge < -0.3 is 9.72 Å². The first-order chi connectivity index (χ1) is 14.3. The average Bonchev–Trinajstić information content (AvgIpc) is 3.04. The Kier molecular flexibility index (Phi) is 5.17. The van der Waals surface area contributed by atoms with Gasteiger partial charge in [-0.25, -0.2) is 4.98 Å². The van der Waals surface area contributed by atoms with Gasteiger partial charge in [0, 0.05) is 17.4 Å². The lowest BCUT2D eigenvalue weighted by molar-refractivity contribution is -0.115. The van der Waals surface area contributed by atoms with Gasteiger partial charge >= 0.3 is 0 Å². The lowest BCUT2D eigenvalue weighted by atomic mass is 10.0. The van der Waals surface area contributed by atoms with Crippen LogP contribution in [0.15, 0.2) is 54.7 Å². The molecule has 0 unspecified atom stereocenters. The van der Waals surface area contributed by atoms with E-state index in [0.717, 1.165) is 39.4 Å². The molecule has 1 amide bonds. The lowest BCUT2D eigenvalue weighted by Gasteiger charge is -2.10. The molecular weight excluding hydrogens is 370 g/mol. The van der Waals surface area contributed by atoms with Crippen LogP contribution in [0, 0.1) is 34.6 Å². The molecule has 2 heterocycles. The number of nitrogens with zero attached hydrogens (tertiary/aromatic N) is 2. The summed E-state index contributed by atoms with van der Waals surface area (Å²) in [6.07, 6.45) is 2.25. The van der Waals surface area contributed by atoms with E-state index in [4.69, 9.17) is 4.98 Å². The van der Waals surface area contributed by atoms with Crippen molar-refractivity contribution >= 4 is 17.2 Å². The number of benzene rings is 2. The van der Waals surface area contributed by atoms with E-state index in [-0.39, 0.29) is 12.3 Å². The number of aryl methyl sites for hydroxylation is 5. The Hall–Kier alpha value is -3.40. The predicted molar refractivity (Wildman–Crippen MR) is 123 cm³/mol. The minimum Gasteiger partial charge on any atom is -0.326 e. The summed E-state index contributed by atoms with van der Waals surface area (Å²) in [5.41, 5.74) is 10.4. The van der Waals surface area contributed by atoms with E-state index < -0.39 is 0 Å². The molecule has 4 heteroatoms. The summed E-state index contributed by atoms with van der Waals surface area (Å²) in [7, 11) is 0. The van der Waals surface area contributed by atoms with Gasteiger partial charge in [0.05, 0.1) is 17.8 Å². The third kappa shape index (κ3) is 3.86. The highest BCUT2D eigenvalue weighted by Crippen LogP contribution is 2.27. The van der Waals surface area contributed by atoms with Crippen LogP contribution < -0.4 is 5.32 Å². The van der Waals surface area contributed by atoms with Crippen molar-refractivity contribution in [1.82, 2.24) is 9.38 Å². The molecule has 0 aliphatic heterocycles. The number of pyridine rings is 1. The number of rotatable bonds is 4. The number of carbonyl (C=O) groups excluding carboxylic acids is 1. The standard InChI is InChI=1S/C26H27N3O/c1-16-10-11-29-23(15-25(30)27-22-9-7-18(3)20(5)14-22)26(28-24(29)12-16)21-8-6-17(2)19(4)13-21/h6-14H,15H2,1-5H3,(H,27,30). The molecule has 4 aromatic rings. The van der Waals surface area contributed by atoms with Crippen LogP contribution in [-0.2, 0) is 11.2 Å². The monoisotopic (exact) mass is 397 g/mol. The molecule has 2 aromatic heterocycles. The molecule has 2 aromatic carbocycles. The Labute approximate surface area is 177 Å². The summed E-state index contributed by atoms with van der Waals surface area (Å²) >= 11 is 0. The van der Waals surface area contributed by atoms with Crippen LogP contribution in [0.3, 0.4) is 0 Å². The molecule has 4 nitrogen and oxygen atoms in total. The number of aromatic nitrogens is 2. The number of hydrogen-bond acceptors (Lipinski definition) is 2. The average molecular weight is 398 g/mol. The summed E-state index contributed by atoms with van der Waals surface area (Å²) in [6.45, 7) is 10.4. The van der Waals surface area contributed by atoms with E-state index in [1.165, 1.54) is 16.7 Å². The van der Waals surface area contributed by atoms with Gasteiger partial charge in [0.15, 0.2) is 0 Å². The van der Waals surface area contributed by atoms with Gasteiger partial charge in [0.25, 0.3) is 0 Å². The fourth-order valence-corrected chi connectivity index (χ4v) is 3.66. The van der Waals surface area contributed by atoms with Crippen molar-refractivity contribution in [3.8, 4) is 11.3 Å². The van der Waals surface area contributed by atoms with E-state index in [1.807, 2.05) is 34.9 Å². The van der Waals surface area contributed by atoms with E-state index in [1.54, 1.807) is 0 Å². The van der Waals surface area contributed by atoms with E-state index in [2.05, 4.69) is 64.2 Å². The van der Waals surface area contributed by atoms with Crippen LogP contribution in [-0.4, -0.2) is 15.3 Å². The Morgan fingerprint density at radius 1 is 0.867 bits per heavy atom. The van der Waals surface area contributed by atoms with Crippen LogP contribution in [0.25, 0.3) is 16.9 Å². The molecule has 0 spiro atoms. The first-order valence-corrected chi connectivity index (χ1v) is 10.2. The summed E-state index contributed by atoms with van der Waals surface area (Å²) < 4.78 is 2.03. The van der Waals surface area contributed by atoms with E-state index in [9.17, 15) is 4.79 Å². The van der Waals surface area contributed by atoms with Gasteiger partial charge in [-0.15, -0.1) is 0 Å². The van der Waals surface area contributed by atoms with E-state index in [0.29, 0.717) is 0 Å². The molecule has 0 fully saturated rings. The largest absolute Gasteiger partial charge is 0.326 e. The number of amides is 1. The molecule has 30 heavy (non-hydrogen) atoms. The van der Waals surface area contributed by atoms with Crippen molar-refractivity contribution < 1.29 is 4.79 Å². The molecular formula is C26H27N3O. The number of anilines is 1. The first-order valence-electron chi connectivity index (χ1n) is 10.2. The van der Waals surface area contributed by atoms with Gasteiger partial charge in [0.2, 0.25) is 5.91 Å². The molecule has 0 bridgehead atoms. The summed E-state index contributed by atoms with van der Waals surface area (Å²) in [5, 5.41) is 3.04. The van der Waals surface area contributed by atoms with Crippen molar-refractivity contribution in [3.63, 3.8) is 0 Å². The van der Waals surface area contributed by atoms with Gasteiger partial charge in [0.1, 0.15) is 5.65 Å². The third-order valence-corrected chi connectivity index (χ3v) is 5.78. The lowest BCUT2D eigenvalue weighted by Crippen LogP contribution is -2.16. The highest BCUT2D eigenvalue weighted by Gasteiger charge is 2.18. The van der Waals surface area contributed by atoms with Crippen LogP contribution in [0.2, 0.25) is 0 Å². The molecule has 0 aliphatic rings. The normalized spacial score (nSPS) is 11.1. The zero-order valence-electron chi connectivity index (χ0n) is 18.2. The van der Waals surface area contributed by atoms with Gasteiger partial charge in [-0.3, -0.25) is 4.79 Å². The van der Waals surface area contributed by atoms with Crippen molar-refractivity contribution in [3.05, 3.63) is 88.2 Å². The summed E-state index contributed by atoms with van der Waals surface area (Å²) in [5.74, 6) is -0.0503. The Bertz CT molecular complexity index is 1270. The second kappa shape index (κ2) is 7.79. The Morgan fingerprint density at radius 2 is 1.57 bits per heavy atom.